The lowest BCUT2D eigenvalue weighted by Crippen LogP contribution is -1.97. The van der Waals surface area contributed by atoms with Crippen LogP contribution in [-0.2, 0) is 6.42 Å². The third kappa shape index (κ3) is 3.86. The first-order chi connectivity index (χ1) is 9.31. The van der Waals surface area contributed by atoms with Crippen LogP contribution in [-0.4, -0.2) is 21.7 Å². The highest BCUT2D eigenvalue weighted by atomic mass is 16.5. The first-order valence-corrected chi connectivity index (χ1v) is 6.75. The van der Waals surface area contributed by atoms with E-state index in [1.54, 1.807) is 12.4 Å². The Morgan fingerprint density at radius 2 is 2.05 bits per heavy atom. The summed E-state index contributed by atoms with van der Waals surface area (Å²) in [6.07, 6.45) is 8.83. The monoisotopic (exact) mass is 260 g/mol. The number of rotatable bonds is 7. The Bertz CT molecular complexity index is 510. The van der Waals surface area contributed by atoms with Crippen LogP contribution in [0.5, 0.6) is 0 Å². The van der Waals surface area contributed by atoms with Crippen LogP contribution in [0.2, 0.25) is 0 Å². The first kappa shape index (κ1) is 13.7. The third-order valence-corrected chi connectivity index (χ3v) is 3.09. The molecule has 0 aliphatic carbocycles. The van der Waals surface area contributed by atoms with E-state index in [1.165, 1.54) is 6.42 Å². The van der Waals surface area contributed by atoms with Gasteiger partial charge in [-0.15, -0.1) is 0 Å². The van der Waals surface area contributed by atoms with Crippen LogP contribution in [0, 0.1) is 6.92 Å². The van der Waals surface area contributed by atoms with Crippen LogP contribution in [0.4, 0.5) is 0 Å². The van der Waals surface area contributed by atoms with Crippen LogP contribution in [0.3, 0.4) is 0 Å². The van der Waals surface area contributed by atoms with Gasteiger partial charge in [0.1, 0.15) is 0 Å². The van der Waals surface area contributed by atoms with Gasteiger partial charge < -0.3 is 10.3 Å². The molecule has 2 heterocycles. The summed E-state index contributed by atoms with van der Waals surface area (Å²) >= 11 is 0. The smallest absolute Gasteiger partial charge is 0.226 e. The molecule has 5 heteroatoms. The second kappa shape index (κ2) is 6.99. The van der Waals surface area contributed by atoms with Crippen molar-refractivity contribution in [2.75, 3.05) is 6.54 Å². The zero-order valence-electron chi connectivity index (χ0n) is 11.3. The number of aryl methyl sites for hydroxylation is 2. The number of hydrogen-bond donors (Lipinski definition) is 1. The van der Waals surface area contributed by atoms with Gasteiger partial charge in [-0.1, -0.05) is 18.0 Å². The number of unbranched alkanes of at least 4 members (excludes halogenated alkanes) is 3. The van der Waals surface area contributed by atoms with Crippen molar-refractivity contribution in [3.63, 3.8) is 0 Å². The fraction of sp³-hybridized carbons (Fsp3) is 0.500. The van der Waals surface area contributed by atoms with E-state index in [-0.39, 0.29) is 0 Å². The zero-order valence-corrected chi connectivity index (χ0v) is 11.3. The highest BCUT2D eigenvalue weighted by molar-refractivity contribution is 5.57. The molecule has 2 N–H and O–H groups in total. The molecule has 0 aliphatic rings. The van der Waals surface area contributed by atoms with Gasteiger partial charge in [-0.25, -0.2) is 0 Å². The summed E-state index contributed by atoms with van der Waals surface area (Å²) in [4.78, 5) is 8.51. The number of pyridine rings is 1. The molecule has 0 bridgehead atoms. The summed E-state index contributed by atoms with van der Waals surface area (Å²) in [5.41, 5.74) is 7.49. The van der Waals surface area contributed by atoms with Gasteiger partial charge in [0.15, 0.2) is 0 Å². The van der Waals surface area contributed by atoms with Crippen molar-refractivity contribution < 1.29 is 4.52 Å². The number of nitrogens with two attached hydrogens (primary N) is 1. The molecule has 0 aliphatic heterocycles. The van der Waals surface area contributed by atoms with Gasteiger partial charge in [0.25, 0.3) is 0 Å². The number of aromatic nitrogens is 3. The van der Waals surface area contributed by atoms with Crippen LogP contribution < -0.4 is 5.73 Å². The summed E-state index contributed by atoms with van der Waals surface area (Å²) < 4.78 is 5.27. The van der Waals surface area contributed by atoms with E-state index in [9.17, 15) is 0 Å². The lowest BCUT2D eigenvalue weighted by molar-refractivity contribution is 0.374. The van der Waals surface area contributed by atoms with Gasteiger partial charge >= 0.3 is 0 Å². The van der Waals surface area contributed by atoms with Crippen LogP contribution >= 0.6 is 0 Å². The maximum absolute atomic E-state index is 5.46. The number of nitrogens with zero attached hydrogens (tertiary/aromatic N) is 3. The van der Waals surface area contributed by atoms with Gasteiger partial charge in [0.2, 0.25) is 11.7 Å². The minimum Gasteiger partial charge on any atom is -0.339 e. The molecule has 102 valence electrons. The van der Waals surface area contributed by atoms with Gasteiger partial charge in [-0.2, -0.15) is 4.98 Å². The van der Waals surface area contributed by atoms with Gasteiger partial charge in [-0.05, 0) is 37.9 Å². The minimum atomic E-state index is 0.627. The summed E-state index contributed by atoms with van der Waals surface area (Å²) in [6, 6.07) is 1.94. The summed E-state index contributed by atoms with van der Waals surface area (Å²) in [5, 5.41) is 4.02. The molecule has 0 fully saturated rings. The van der Waals surface area contributed by atoms with Gasteiger partial charge in [0, 0.05) is 24.4 Å². The van der Waals surface area contributed by atoms with Crippen molar-refractivity contribution in [2.45, 2.75) is 39.0 Å². The van der Waals surface area contributed by atoms with E-state index in [4.69, 9.17) is 10.3 Å². The van der Waals surface area contributed by atoms with E-state index in [2.05, 4.69) is 15.1 Å². The largest absolute Gasteiger partial charge is 0.339 e. The molecule has 0 atom stereocenters. The molecule has 0 spiro atoms. The van der Waals surface area contributed by atoms with Crippen LogP contribution in [0.15, 0.2) is 23.0 Å². The van der Waals surface area contributed by atoms with E-state index >= 15 is 0 Å². The molecule has 19 heavy (non-hydrogen) atoms. The fourth-order valence-corrected chi connectivity index (χ4v) is 1.94. The molecule has 0 saturated carbocycles. The van der Waals surface area contributed by atoms with E-state index in [0.29, 0.717) is 11.7 Å². The zero-order chi connectivity index (χ0) is 13.5. The topological polar surface area (TPSA) is 77.8 Å². The van der Waals surface area contributed by atoms with E-state index < -0.39 is 0 Å². The average Bonchev–Trinajstić information content (AvgIpc) is 2.88. The molecule has 2 aromatic rings. The van der Waals surface area contributed by atoms with Crippen molar-refractivity contribution in [3.8, 4) is 11.4 Å². The summed E-state index contributed by atoms with van der Waals surface area (Å²) in [6.45, 7) is 2.78. The Hall–Kier alpha value is -1.75. The Morgan fingerprint density at radius 1 is 1.21 bits per heavy atom. The average molecular weight is 260 g/mol. The van der Waals surface area contributed by atoms with Crippen molar-refractivity contribution in [2.24, 2.45) is 5.73 Å². The Kier molecular flexibility index (Phi) is 5.03. The Balaban J connectivity index is 1.91. The fourth-order valence-electron chi connectivity index (χ4n) is 1.94. The van der Waals surface area contributed by atoms with Crippen molar-refractivity contribution in [3.05, 3.63) is 29.9 Å². The molecule has 0 unspecified atom stereocenters. The van der Waals surface area contributed by atoms with E-state index in [0.717, 1.165) is 43.4 Å². The summed E-state index contributed by atoms with van der Waals surface area (Å²) in [5.74, 6) is 1.33. The van der Waals surface area contributed by atoms with Crippen LogP contribution in [0.25, 0.3) is 11.4 Å². The molecular formula is C14H20N4O. The predicted octanol–water partition coefficient (Wildman–Crippen LogP) is 2.50. The van der Waals surface area contributed by atoms with E-state index in [1.807, 2.05) is 13.0 Å². The minimum absolute atomic E-state index is 0.627. The van der Waals surface area contributed by atoms with Crippen molar-refractivity contribution in [1.29, 1.82) is 0 Å². The van der Waals surface area contributed by atoms with Gasteiger partial charge in [-0.3, -0.25) is 4.98 Å². The predicted molar refractivity (Wildman–Crippen MR) is 73.5 cm³/mol. The molecule has 5 nitrogen and oxygen atoms in total. The highest BCUT2D eigenvalue weighted by Crippen LogP contribution is 2.19. The lowest BCUT2D eigenvalue weighted by atomic mass is 10.1. The molecule has 2 rings (SSSR count). The molecule has 0 amide bonds. The summed E-state index contributed by atoms with van der Waals surface area (Å²) in [7, 11) is 0. The maximum atomic E-state index is 5.46. The molecule has 2 aromatic heterocycles. The Morgan fingerprint density at radius 3 is 2.84 bits per heavy atom. The normalized spacial score (nSPS) is 10.8. The third-order valence-electron chi connectivity index (χ3n) is 3.09. The molecule has 0 saturated heterocycles. The Labute approximate surface area is 113 Å². The second-order valence-corrected chi connectivity index (χ2v) is 4.66. The van der Waals surface area contributed by atoms with Gasteiger partial charge in [0.05, 0.1) is 0 Å². The SMILES string of the molecule is Cc1ccncc1-c1noc(CCCCCCN)n1. The maximum Gasteiger partial charge on any atom is 0.226 e. The lowest BCUT2D eigenvalue weighted by Gasteiger charge is -1.97. The standard InChI is InChI=1S/C14H20N4O/c1-11-7-9-16-10-12(11)14-17-13(19-18-14)6-4-2-3-5-8-15/h7,9-10H,2-6,8,15H2,1H3. The molecular weight excluding hydrogens is 240 g/mol. The molecule has 0 radical (unpaired) electrons. The first-order valence-electron chi connectivity index (χ1n) is 6.75. The second-order valence-electron chi connectivity index (χ2n) is 4.66. The number of hydrogen-bond acceptors (Lipinski definition) is 5. The van der Waals surface area contributed by atoms with Crippen LogP contribution in [0.1, 0.15) is 37.1 Å². The molecule has 0 aromatic carbocycles. The highest BCUT2D eigenvalue weighted by Gasteiger charge is 2.10. The quantitative estimate of drug-likeness (QED) is 0.774. The van der Waals surface area contributed by atoms with Crippen molar-refractivity contribution in [1.82, 2.24) is 15.1 Å². The van der Waals surface area contributed by atoms with Crippen molar-refractivity contribution >= 4 is 0 Å².